The molecule has 3 aromatic rings. The molecular formula is C17H16ClN5OS. The third-order valence-electron chi connectivity index (χ3n) is 3.69. The molecule has 8 heteroatoms. The molecule has 0 saturated heterocycles. The highest BCUT2D eigenvalue weighted by molar-refractivity contribution is 7.91. The van der Waals surface area contributed by atoms with Crippen LogP contribution >= 0.6 is 11.6 Å². The van der Waals surface area contributed by atoms with Gasteiger partial charge in [-0.15, -0.1) is 6.42 Å². The number of pyridine rings is 1. The number of nitrogens with one attached hydrogen (secondary N) is 2. The van der Waals surface area contributed by atoms with Crippen LogP contribution in [0.25, 0.3) is 11.0 Å². The van der Waals surface area contributed by atoms with Gasteiger partial charge in [-0.25, -0.2) is 18.7 Å². The third kappa shape index (κ3) is 3.60. The van der Waals surface area contributed by atoms with Crippen LogP contribution in [-0.4, -0.2) is 25.2 Å². The Bertz CT molecular complexity index is 1060. The van der Waals surface area contributed by atoms with Crippen molar-refractivity contribution < 1.29 is 4.21 Å². The predicted molar refractivity (Wildman–Crippen MR) is 100 cm³/mol. The minimum absolute atomic E-state index is 0.296. The van der Waals surface area contributed by atoms with Gasteiger partial charge in [0, 0.05) is 23.9 Å². The highest BCUT2D eigenvalue weighted by Crippen LogP contribution is 2.29. The molecule has 0 bridgehead atoms. The Morgan fingerprint density at radius 2 is 2.08 bits per heavy atom. The van der Waals surface area contributed by atoms with E-state index in [1.807, 2.05) is 18.2 Å². The number of hydrogen-bond donors (Lipinski definition) is 2. The number of rotatable bonds is 5. The summed E-state index contributed by atoms with van der Waals surface area (Å²) in [6.07, 6.45) is 8.42. The van der Waals surface area contributed by atoms with Crippen molar-refractivity contribution in [3.05, 3.63) is 47.2 Å². The quantitative estimate of drug-likeness (QED) is 0.671. The molecule has 3 rings (SSSR count). The van der Waals surface area contributed by atoms with E-state index < -0.39 is 9.73 Å². The lowest BCUT2D eigenvalue weighted by Gasteiger charge is -2.09. The average molecular weight is 374 g/mol. The van der Waals surface area contributed by atoms with Gasteiger partial charge in [-0.3, -0.25) is 0 Å². The minimum atomic E-state index is -2.70. The number of halogens is 1. The fourth-order valence-electron chi connectivity index (χ4n) is 2.46. The van der Waals surface area contributed by atoms with Gasteiger partial charge in [-0.05, 0) is 23.8 Å². The molecule has 0 spiro atoms. The number of anilines is 1. The largest absolute Gasteiger partial charge is 0.380 e. The molecule has 0 radical (unpaired) electrons. The summed E-state index contributed by atoms with van der Waals surface area (Å²) in [7, 11) is -2.70. The van der Waals surface area contributed by atoms with E-state index in [9.17, 15) is 4.21 Å². The maximum absolute atomic E-state index is 11.7. The molecule has 0 saturated carbocycles. The number of aromatic nitrogens is 3. The lowest BCUT2D eigenvalue weighted by molar-refractivity contribution is 0.679. The SMILES string of the molecule is C#CCn1nc(Cl)c2c(NCc3ccc([S@](C)(=N)=O)cc3)ccnc21. The van der Waals surface area contributed by atoms with Crippen molar-refractivity contribution in [2.45, 2.75) is 18.0 Å². The summed E-state index contributed by atoms with van der Waals surface area (Å²) in [5.74, 6) is 2.53. The zero-order chi connectivity index (χ0) is 18.0. The van der Waals surface area contributed by atoms with Crippen LogP contribution in [0.1, 0.15) is 5.56 Å². The molecule has 2 heterocycles. The predicted octanol–water partition coefficient (Wildman–Crippen LogP) is 3.37. The fourth-order valence-corrected chi connectivity index (χ4v) is 3.39. The van der Waals surface area contributed by atoms with E-state index in [1.54, 1.807) is 23.0 Å². The second-order valence-corrected chi connectivity index (χ2v) is 8.07. The van der Waals surface area contributed by atoms with E-state index in [0.717, 1.165) is 16.6 Å². The van der Waals surface area contributed by atoms with Gasteiger partial charge in [0.1, 0.15) is 6.54 Å². The van der Waals surface area contributed by atoms with Crippen LogP contribution in [0.15, 0.2) is 41.4 Å². The Balaban J connectivity index is 1.85. The Morgan fingerprint density at radius 3 is 2.72 bits per heavy atom. The molecule has 0 fully saturated rings. The first-order valence-electron chi connectivity index (χ1n) is 7.41. The van der Waals surface area contributed by atoms with Crippen molar-refractivity contribution in [2.75, 3.05) is 11.6 Å². The zero-order valence-corrected chi connectivity index (χ0v) is 15.1. The third-order valence-corrected chi connectivity index (χ3v) is 5.12. The highest BCUT2D eigenvalue weighted by atomic mass is 35.5. The average Bonchev–Trinajstić information content (AvgIpc) is 2.90. The van der Waals surface area contributed by atoms with Gasteiger partial charge in [0.15, 0.2) is 10.8 Å². The molecular weight excluding hydrogens is 358 g/mol. The van der Waals surface area contributed by atoms with Gasteiger partial charge in [0.2, 0.25) is 0 Å². The first-order valence-corrected chi connectivity index (χ1v) is 9.75. The Morgan fingerprint density at radius 1 is 1.36 bits per heavy atom. The number of benzene rings is 1. The van der Waals surface area contributed by atoms with Crippen LogP contribution in [0.5, 0.6) is 0 Å². The van der Waals surface area contributed by atoms with E-state index in [2.05, 4.69) is 21.3 Å². The van der Waals surface area contributed by atoms with Crippen molar-refractivity contribution in [3.8, 4) is 12.3 Å². The molecule has 2 aromatic heterocycles. The van der Waals surface area contributed by atoms with Crippen LogP contribution in [0.3, 0.4) is 0 Å². The van der Waals surface area contributed by atoms with E-state index in [-0.39, 0.29) is 0 Å². The van der Waals surface area contributed by atoms with Gasteiger partial charge >= 0.3 is 0 Å². The summed E-state index contributed by atoms with van der Waals surface area (Å²) in [6.45, 7) is 0.837. The molecule has 0 aliphatic heterocycles. The van der Waals surface area contributed by atoms with Crippen molar-refractivity contribution in [1.29, 1.82) is 4.78 Å². The molecule has 25 heavy (non-hydrogen) atoms. The molecule has 0 aliphatic rings. The topological polar surface area (TPSA) is 83.7 Å². The minimum Gasteiger partial charge on any atom is -0.380 e. The van der Waals surface area contributed by atoms with Crippen LogP contribution in [0.4, 0.5) is 5.69 Å². The molecule has 0 aliphatic carbocycles. The van der Waals surface area contributed by atoms with Crippen molar-refractivity contribution in [1.82, 2.24) is 14.8 Å². The number of nitrogens with zero attached hydrogens (tertiary/aromatic N) is 3. The summed E-state index contributed by atoms with van der Waals surface area (Å²) >= 11 is 6.24. The summed E-state index contributed by atoms with van der Waals surface area (Å²) in [5.41, 5.74) is 2.43. The number of hydrogen-bond acceptors (Lipinski definition) is 5. The summed E-state index contributed by atoms with van der Waals surface area (Å²) in [4.78, 5) is 4.82. The van der Waals surface area contributed by atoms with Gasteiger partial charge in [0.05, 0.1) is 20.8 Å². The lowest BCUT2D eigenvalue weighted by atomic mass is 10.2. The standard InChI is InChI=1S/C17H16ClN5OS/c1-3-10-23-17-15(16(18)22-23)14(8-9-20-17)21-11-12-4-6-13(7-5-12)25(2,19)24/h1,4-9,19H,10-11H2,2H3,(H,20,21)/t25-/m1/s1. The summed E-state index contributed by atoms with van der Waals surface area (Å²) in [6, 6.07) is 8.95. The molecule has 1 aromatic carbocycles. The normalized spacial score (nSPS) is 13.3. The molecule has 128 valence electrons. The molecule has 0 amide bonds. The van der Waals surface area contributed by atoms with Crippen LogP contribution < -0.4 is 5.32 Å². The fraction of sp³-hybridized carbons (Fsp3) is 0.176. The molecule has 6 nitrogen and oxygen atoms in total. The molecule has 2 N–H and O–H groups in total. The second kappa shape index (κ2) is 6.75. The van der Waals surface area contributed by atoms with E-state index in [4.69, 9.17) is 22.8 Å². The number of terminal acetylenes is 1. The van der Waals surface area contributed by atoms with E-state index in [1.165, 1.54) is 6.26 Å². The smallest absolute Gasteiger partial charge is 0.162 e. The second-order valence-electron chi connectivity index (χ2n) is 5.55. The van der Waals surface area contributed by atoms with Crippen LogP contribution in [0, 0.1) is 17.1 Å². The zero-order valence-electron chi connectivity index (χ0n) is 13.5. The van der Waals surface area contributed by atoms with Crippen molar-refractivity contribution >= 4 is 38.1 Å². The molecule has 0 unspecified atom stereocenters. The number of fused-ring (bicyclic) bond motifs is 1. The van der Waals surface area contributed by atoms with Crippen molar-refractivity contribution in [3.63, 3.8) is 0 Å². The first kappa shape index (κ1) is 17.3. The lowest BCUT2D eigenvalue weighted by Crippen LogP contribution is -2.02. The molecule has 1 atom stereocenters. The van der Waals surface area contributed by atoms with Gasteiger partial charge in [-0.2, -0.15) is 5.10 Å². The van der Waals surface area contributed by atoms with E-state index in [0.29, 0.717) is 28.8 Å². The van der Waals surface area contributed by atoms with Gasteiger partial charge in [-0.1, -0.05) is 29.7 Å². The van der Waals surface area contributed by atoms with Crippen LogP contribution in [0.2, 0.25) is 5.15 Å². The Hall–Kier alpha value is -2.56. The van der Waals surface area contributed by atoms with Crippen LogP contribution in [-0.2, 0) is 22.8 Å². The van der Waals surface area contributed by atoms with E-state index >= 15 is 0 Å². The summed E-state index contributed by atoms with van der Waals surface area (Å²) < 4.78 is 20.9. The van der Waals surface area contributed by atoms with Gasteiger partial charge < -0.3 is 5.32 Å². The van der Waals surface area contributed by atoms with Gasteiger partial charge in [0.25, 0.3) is 0 Å². The van der Waals surface area contributed by atoms with Crippen molar-refractivity contribution in [2.24, 2.45) is 0 Å². The summed E-state index contributed by atoms with van der Waals surface area (Å²) in [5, 5.41) is 8.59. The maximum Gasteiger partial charge on any atom is 0.162 e. The Labute approximate surface area is 151 Å². The first-order chi connectivity index (χ1) is 11.9. The monoisotopic (exact) mass is 373 g/mol. The maximum atomic E-state index is 11.7. The highest BCUT2D eigenvalue weighted by Gasteiger charge is 2.13. The Kier molecular flexibility index (Phi) is 4.66.